The summed E-state index contributed by atoms with van der Waals surface area (Å²) in [4.78, 5) is 37.2. The van der Waals surface area contributed by atoms with Gasteiger partial charge in [-0.2, -0.15) is 0 Å². The second kappa shape index (κ2) is 15.9. The lowest BCUT2D eigenvalue weighted by molar-refractivity contribution is -0.130. The fraction of sp³-hybridized carbons (Fsp3) is 0.366. The Labute approximate surface area is 320 Å². The number of nitrogens with one attached hydrogen (secondary N) is 2. The van der Waals surface area contributed by atoms with Gasteiger partial charge in [-0.25, -0.2) is 4.98 Å². The number of carbonyl (C=O) groups excluding carboxylic acids is 2. The summed E-state index contributed by atoms with van der Waals surface area (Å²) in [6, 6.07) is 18.7. The summed E-state index contributed by atoms with van der Waals surface area (Å²) in [6.45, 7) is 5.34. The zero-order valence-electron chi connectivity index (χ0n) is 30.6. The SMILES string of the molecule is COc1nc(-c2cccc(-c3ccnc(-c4ccc5c(CN(C)C6CCN(C(C)=O)CC6)cn(C)c5c4)c3Cl)c2Cl)ccc1CNC[C@@H]1CCC(=O)N1. The van der Waals surface area contributed by atoms with Crippen LogP contribution < -0.4 is 15.4 Å². The molecule has 12 heteroatoms. The molecule has 10 nitrogen and oxygen atoms in total. The van der Waals surface area contributed by atoms with Crippen LogP contribution in [0.25, 0.3) is 44.5 Å². The number of aromatic nitrogens is 3. The van der Waals surface area contributed by atoms with Crippen molar-refractivity contribution in [1.29, 1.82) is 0 Å². The third kappa shape index (κ3) is 7.78. The van der Waals surface area contributed by atoms with Crippen molar-refractivity contribution in [1.82, 2.24) is 35.0 Å². The van der Waals surface area contributed by atoms with Crippen LogP contribution in [0, 0.1) is 0 Å². The maximum Gasteiger partial charge on any atom is 0.220 e. The minimum atomic E-state index is 0.103. The summed E-state index contributed by atoms with van der Waals surface area (Å²) >= 11 is 14.3. The van der Waals surface area contributed by atoms with Crippen molar-refractivity contribution in [3.63, 3.8) is 0 Å². The van der Waals surface area contributed by atoms with Crippen molar-refractivity contribution >= 4 is 45.9 Å². The molecule has 2 fully saturated rings. The number of ether oxygens (including phenoxy) is 1. The van der Waals surface area contributed by atoms with Gasteiger partial charge in [0.2, 0.25) is 17.7 Å². The molecule has 1 atom stereocenters. The molecule has 0 aliphatic carbocycles. The van der Waals surface area contributed by atoms with Crippen molar-refractivity contribution in [2.45, 2.75) is 57.8 Å². The van der Waals surface area contributed by atoms with Crippen LogP contribution in [0.4, 0.5) is 0 Å². The first-order valence-corrected chi connectivity index (χ1v) is 18.9. The van der Waals surface area contributed by atoms with Crippen LogP contribution in [0.1, 0.15) is 43.7 Å². The number of amides is 2. The first-order valence-electron chi connectivity index (χ1n) is 18.1. The molecule has 5 aromatic rings. The van der Waals surface area contributed by atoms with E-state index >= 15 is 0 Å². The summed E-state index contributed by atoms with van der Waals surface area (Å²) in [5, 5.41) is 8.63. The Hall–Kier alpha value is -4.48. The van der Waals surface area contributed by atoms with Gasteiger partial charge < -0.3 is 24.8 Å². The van der Waals surface area contributed by atoms with Gasteiger partial charge in [0.15, 0.2) is 0 Å². The van der Waals surface area contributed by atoms with Crippen molar-refractivity contribution in [2.75, 3.05) is 33.8 Å². The largest absolute Gasteiger partial charge is 0.481 e. The number of likely N-dealkylation sites (tertiary alicyclic amines) is 1. The number of rotatable bonds is 11. The molecule has 2 aliphatic rings. The Morgan fingerprint density at radius 3 is 2.53 bits per heavy atom. The molecule has 0 unspecified atom stereocenters. The number of halogens is 2. The number of methoxy groups -OCH3 is 1. The summed E-state index contributed by atoms with van der Waals surface area (Å²) < 4.78 is 7.84. The van der Waals surface area contributed by atoms with E-state index in [1.54, 1.807) is 20.2 Å². The lowest BCUT2D eigenvalue weighted by Crippen LogP contribution is -2.44. The number of carbonyl (C=O) groups is 2. The molecule has 3 aromatic heterocycles. The lowest BCUT2D eigenvalue weighted by atomic mass is 9.99. The van der Waals surface area contributed by atoms with Crippen molar-refractivity contribution < 1.29 is 14.3 Å². The molecular formula is C41H45Cl2N7O3. The lowest BCUT2D eigenvalue weighted by Gasteiger charge is -2.36. The van der Waals surface area contributed by atoms with E-state index in [0.717, 1.165) is 72.2 Å². The van der Waals surface area contributed by atoms with Gasteiger partial charge in [-0.1, -0.05) is 59.6 Å². The molecule has 0 spiro atoms. The van der Waals surface area contributed by atoms with E-state index in [9.17, 15) is 9.59 Å². The summed E-state index contributed by atoms with van der Waals surface area (Å²) in [5.41, 5.74) is 7.87. The van der Waals surface area contributed by atoms with Crippen LogP contribution in [0.3, 0.4) is 0 Å². The van der Waals surface area contributed by atoms with Crippen molar-refractivity contribution in [3.8, 4) is 39.5 Å². The highest BCUT2D eigenvalue weighted by molar-refractivity contribution is 6.39. The number of fused-ring (bicyclic) bond motifs is 1. The quantitative estimate of drug-likeness (QED) is 0.148. The topological polar surface area (TPSA) is 105 Å². The molecule has 2 amide bonds. The fourth-order valence-corrected chi connectivity index (χ4v) is 8.34. The summed E-state index contributed by atoms with van der Waals surface area (Å²) in [6.07, 6.45) is 7.35. The second-order valence-electron chi connectivity index (χ2n) is 14.1. The minimum absolute atomic E-state index is 0.103. The van der Waals surface area contributed by atoms with E-state index in [4.69, 9.17) is 37.9 Å². The van der Waals surface area contributed by atoms with E-state index in [1.165, 1.54) is 10.9 Å². The van der Waals surface area contributed by atoms with E-state index in [0.29, 0.717) is 52.9 Å². The van der Waals surface area contributed by atoms with Gasteiger partial charge in [0.1, 0.15) is 0 Å². The maximum atomic E-state index is 11.8. The molecule has 53 heavy (non-hydrogen) atoms. The smallest absolute Gasteiger partial charge is 0.220 e. The van der Waals surface area contributed by atoms with E-state index < -0.39 is 0 Å². The standard InChI is InChI=1S/C41H45Cl2N7O3/c1-25(51)50-18-15-30(16-19-50)48(2)23-28-24-49(3)36-20-26(8-11-31(28)36)40-39(43)33(14-17-45-40)32-6-5-7-34(38(32)42)35-12-9-27(41(47-35)53-4)21-44-22-29-10-13-37(52)46-29/h5-9,11-12,14,17,20,24,29-30,44H,10,13,15-16,18-19,21-23H2,1-4H3,(H,46,52)/t29-/m0/s1. The monoisotopic (exact) mass is 753 g/mol. The molecule has 7 rings (SSSR count). The van der Waals surface area contributed by atoms with E-state index in [-0.39, 0.29) is 17.9 Å². The number of aryl methyl sites for hydroxylation is 1. The number of piperidine rings is 1. The van der Waals surface area contributed by atoms with Gasteiger partial charge in [-0.3, -0.25) is 19.5 Å². The van der Waals surface area contributed by atoms with E-state index in [1.807, 2.05) is 41.3 Å². The van der Waals surface area contributed by atoms with Gasteiger partial charge in [0, 0.05) is 116 Å². The van der Waals surface area contributed by atoms with Gasteiger partial charge in [-0.15, -0.1) is 0 Å². The highest BCUT2D eigenvalue weighted by atomic mass is 35.5. The van der Waals surface area contributed by atoms with Gasteiger partial charge in [0.25, 0.3) is 0 Å². The van der Waals surface area contributed by atoms with E-state index in [2.05, 4.69) is 58.6 Å². The first-order chi connectivity index (χ1) is 25.6. The third-order valence-corrected chi connectivity index (χ3v) is 11.5. The highest BCUT2D eigenvalue weighted by Gasteiger charge is 2.25. The Balaban J connectivity index is 1.11. The first kappa shape index (κ1) is 36.9. The van der Waals surface area contributed by atoms with Crippen molar-refractivity contribution in [3.05, 3.63) is 88.2 Å². The Kier molecular flexibility index (Phi) is 11.0. The average Bonchev–Trinajstić information content (AvgIpc) is 3.72. The molecule has 2 N–H and O–H groups in total. The number of hydrogen-bond donors (Lipinski definition) is 2. The summed E-state index contributed by atoms with van der Waals surface area (Å²) in [5.74, 6) is 0.772. The number of benzene rings is 2. The molecule has 0 radical (unpaired) electrons. The second-order valence-corrected chi connectivity index (χ2v) is 14.9. The highest BCUT2D eigenvalue weighted by Crippen LogP contribution is 2.42. The van der Waals surface area contributed by atoms with Gasteiger partial charge in [-0.05, 0) is 50.1 Å². The van der Waals surface area contributed by atoms with Crippen molar-refractivity contribution in [2.24, 2.45) is 7.05 Å². The number of hydrogen-bond acceptors (Lipinski definition) is 7. The molecular weight excluding hydrogens is 709 g/mol. The van der Waals surface area contributed by atoms with Crippen LogP contribution in [0.15, 0.2) is 67.0 Å². The Bertz CT molecular complexity index is 2160. The van der Waals surface area contributed by atoms with Gasteiger partial charge >= 0.3 is 0 Å². The molecule has 2 aromatic carbocycles. The zero-order valence-corrected chi connectivity index (χ0v) is 32.1. The molecule has 276 valence electrons. The van der Waals surface area contributed by atoms with Crippen LogP contribution >= 0.6 is 23.2 Å². The molecule has 0 saturated carbocycles. The van der Waals surface area contributed by atoms with Crippen LogP contribution in [0.5, 0.6) is 5.88 Å². The maximum absolute atomic E-state index is 11.8. The molecule has 2 saturated heterocycles. The fourth-order valence-electron chi connectivity index (χ4n) is 7.69. The molecule has 0 bridgehead atoms. The normalized spacial score (nSPS) is 16.5. The number of pyridine rings is 2. The Morgan fingerprint density at radius 1 is 1.02 bits per heavy atom. The average molecular weight is 755 g/mol. The van der Waals surface area contributed by atoms with Crippen LogP contribution in [0.2, 0.25) is 10.0 Å². The zero-order chi connectivity index (χ0) is 37.2. The minimum Gasteiger partial charge on any atom is -0.481 e. The third-order valence-electron chi connectivity index (χ3n) is 10.7. The molecule has 2 aliphatic heterocycles. The summed E-state index contributed by atoms with van der Waals surface area (Å²) in [7, 11) is 5.86. The molecule has 5 heterocycles. The Morgan fingerprint density at radius 2 is 1.79 bits per heavy atom. The van der Waals surface area contributed by atoms with Gasteiger partial charge in [0.05, 0.1) is 28.5 Å². The predicted molar refractivity (Wildman–Crippen MR) is 211 cm³/mol. The van der Waals surface area contributed by atoms with Crippen LogP contribution in [-0.4, -0.2) is 82.0 Å². The predicted octanol–water partition coefficient (Wildman–Crippen LogP) is 7.10. The number of nitrogens with zero attached hydrogens (tertiary/aromatic N) is 5. The van der Waals surface area contributed by atoms with Crippen LogP contribution in [-0.2, 0) is 29.7 Å².